The largest absolute Gasteiger partial charge is 0.379 e. The lowest BCUT2D eigenvalue weighted by molar-refractivity contribution is -0.384. The number of likely N-dealkylation sites (tertiary alicyclic amines) is 1. The lowest BCUT2D eigenvalue weighted by Gasteiger charge is -2.32. The highest BCUT2D eigenvalue weighted by Crippen LogP contribution is 2.30. The number of rotatable bonds is 3. The van der Waals surface area contributed by atoms with Crippen LogP contribution in [0.2, 0.25) is 0 Å². The van der Waals surface area contributed by atoms with E-state index in [1.807, 2.05) is 25.7 Å². The van der Waals surface area contributed by atoms with Crippen LogP contribution in [0.3, 0.4) is 0 Å². The van der Waals surface area contributed by atoms with Gasteiger partial charge < -0.3 is 10.2 Å². The number of carbonyl (C=O) groups is 1. The molecule has 1 unspecified atom stereocenters. The molecule has 6 nitrogen and oxygen atoms in total. The number of nitro benzene ring substituents is 1. The normalized spacial score (nSPS) is 19.0. The van der Waals surface area contributed by atoms with Gasteiger partial charge in [0.25, 0.3) is 5.69 Å². The van der Waals surface area contributed by atoms with Gasteiger partial charge >= 0.3 is 0 Å². The summed E-state index contributed by atoms with van der Waals surface area (Å²) in [6, 6.07) is 4.58. The number of amides is 1. The number of anilines is 1. The molecule has 0 spiro atoms. The Balaban J connectivity index is 2.10. The van der Waals surface area contributed by atoms with Crippen molar-refractivity contribution in [1.82, 2.24) is 4.90 Å². The first kappa shape index (κ1) is 15.8. The second-order valence-corrected chi connectivity index (χ2v) is 7.00. The quantitative estimate of drug-likeness (QED) is 0.667. The summed E-state index contributed by atoms with van der Waals surface area (Å²) in [4.78, 5) is 24.2. The molecule has 1 saturated heterocycles. The molecule has 1 N–H and O–H groups in total. The molecule has 7 heteroatoms. The third-order valence-electron chi connectivity index (χ3n) is 3.46. The summed E-state index contributed by atoms with van der Waals surface area (Å²) >= 11 is 3.33. The van der Waals surface area contributed by atoms with Gasteiger partial charge in [-0.2, -0.15) is 0 Å². The van der Waals surface area contributed by atoms with E-state index < -0.39 is 4.92 Å². The molecule has 1 fully saturated rings. The van der Waals surface area contributed by atoms with Gasteiger partial charge in [0.1, 0.15) is 0 Å². The summed E-state index contributed by atoms with van der Waals surface area (Å²) in [5.41, 5.74) is 0.598. The smallest absolute Gasteiger partial charge is 0.270 e. The fourth-order valence-electron chi connectivity index (χ4n) is 2.41. The Labute approximate surface area is 131 Å². The molecular weight excluding hydrogens is 338 g/mol. The van der Waals surface area contributed by atoms with Gasteiger partial charge in [0.2, 0.25) is 5.91 Å². The van der Waals surface area contributed by atoms with Crippen LogP contribution < -0.4 is 5.32 Å². The molecule has 1 aliphatic rings. The zero-order chi connectivity index (χ0) is 15.8. The Bertz CT molecular complexity index is 583. The zero-order valence-corrected chi connectivity index (χ0v) is 13.8. The van der Waals surface area contributed by atoms with Crippen molar-refractivity contribution < 1.29 is 9.72 Å². The first-order chi connectivity index (χ1) is 9.68. The maximum absolute atomic E-state index is 12.0. The van der Waals surface area contributed by atoms with Crippen LogP contribution in [0, 0.1) is 10.1 Å². The molecule has 1 aromatic rings. The van der Waals surface area contributed by atoms with Crippen molar-refractivity contribution in [2.24, 2.45) is 0 Å². The third-order valence-corrected chi connectivity index (χ3v) is 4.11. The van der Waals surface area contributed by atoms with Gasteiger partial charge in [0.05, 0.1) is 11.0 Å². The molecule has 0 bridgehead atoms. The van der Waals surface area contributed by atoms with Gasteiger partial charge in [-0.1, -0.05) is 0 Å². The van der Waals surface area contributed by atoms with E-state index in [1.165, 1.54) is 12.1 Å². The lowest BCUT2D eigenvalue weighted by Crippen LogP contribution is -2.43. The molecular formula is C14H18BrN3O3. The Morgan fingerprint density at radius 3 is 2.57 bits per heavy atom. The highest BCUT2D eigenvalue weighted by molar-refractivity contribution is 9.10. The van der Waals surface area contributed by atoms with Gasteiger partial charge in [0.15, 0.2) is 0 Å². The predicted octanol–water partition coefficient (Wildman–Crippen LogP) is 3.17. The van der Waals surface area contributed by atoms with Crippen LogP contribution >= 0.6 is 15.9 Å². The van der Waals surface area contributed by atoms with Gasteiger partial charge in [-0.25, -0.2) is 0 Å². The molecule has 0 aromatic heterocycles. The minimum absolute atomic E-state index is 0.00878. The fraction of sp³-hybridized carbons (Fsp3) is 0.500. The van der Waals surface area contributed by atoms with Crippen LogP contribution in [0.4, 0.5) is 11.4 Å². The summed E-state index contributed by atoms with van der Waals surface area (Å²) in [5, 5.41) is 14.0. The monoisotopic (exact) mass is 355 g/mol. The van der Waals surface area contributed by atoms with Gasteiger partial charge in [-0.3, -0.25) is 14.9 Å². The van der Waals surface area contributed by atoms with Crippen molar-refractivity contribution in [3.63, 3.8) is 0 Å². The molecule has 2 rings (SSSR count). The van der Waals surface area contributed by atoms with Crippen LogP contribution in [-0.2, 0) is 4.79 Å². The number of carbonyl (C=O) groups excluding carboxylic acids is 1. The molecule has 114 valence electrons. The van der Waals surface area contributed by atoms with Gasteiger partial charge in [0, 0.05) is 40.8 Å². The minimum Gasteiger partial charge on any atom is -0.379 e. The maximum Gasteiger partial charge on any atom is 0.270 e. The zero-order valence-electron chi connectivity index (χ0n) is 12.2. The summed E-state index contributed by atoms with van der Waals surface area (Å²) in [6.07, 6.45) is 0.431. The molecule has 21 heavy (non-hydrogen) atoms. The highest BCUT2D eigenvalue weighted by atomic mass is 79.9. The van der Waals surface area contributed by atoms with Crippen LogP contribution in [0.25, 0.3) is 0 Å². The third kappa shape index (κ3) is 3.53. The molecule has 1 aromatic carbocycles. The Morgan fingerprint density at radius 2 is 2.10 bits per heavy atom. The molecule has 1 atom stereocenters. The van der Waals surface area contributed by atoms with E-state index >= 15 is 0 Å². The Hall–Kier alpha value is -1.63. The number of benzene rings is 1. The van der Waals surface area contributed by atoms with Crippen molar-refractivity contribution in [2.75, 3.05) is 11.9 Å². The Morgan fingerprint density at radius 1 is 1.43 bits per heavy atom. The summed E-state index contributed by atoms with van der Waals surface area (Å²) in [7, 11) is 0. The predicted molar refractivity (Wildman–Crippen MR) is 84.3 cm³/mol. The van der Waals surface area contributed by atoms with E-state index in [-0.39, 0.29) is 23.2 Å². The standard InChI is InChI=1S/C14H18BrN3O3/c1-14(2,3)17-8-9(6-13(17)19)16-12-5-4-10(18(20)21)7-11(12)15/h4-5,7,9,16H,6,8H2,1-3H3. The number of nitro groups is 1. The summed E-state index contributed by atoms with van der Waals surface area (Å²) < 4.78 is 0.623. The van der Waals surface area contributed by atoms with E-state index in [4.69, 9.17) is 0 Å². The molecule has 0 aliphatic carbocycles. The lowest BCUT2D eigenvalue weighted by atomic mass is 10.1. The van der Waals surface area contributed by atoms with Crippen molar-refractivity contribution in [1.29, 1.82) is 0 Å². The first-order valence-corrected chi connectivity index (χ1v) is 7.49. The minimum atomic E-state index is -0.436. The molecule has 1 aliphatic heterocycles. The topological polar surface area (TPSA) is 75.5 Å². The number of hydrogen-bond acceptors (Lipinski definition) is 4. The highest BCUT2D eigenvalue weighted by Gasteiger charge is 2.36. The summed E-state index contributed by atoms with van der Waals surface area (Å²) in [5.74, 6) is 0.123. The van der Waals surface area contributed by atoms with E-state index in [9.17, 15) is 14.9 Å². The summed E-state index contributed by atoms with van der Waals surface area (Å²) in [6.45, 7) is 6.66. The molecule has 0 saturated carbocycles. The number of non-ortho nitro benzene ring substituents is 1. The van der Waals surface area contributed by atoms with Crippen molar-refractivity contribution in [3.05, 3.63) is 32.8 Å². The second-order valence-electron chi connectivity index (χ2n) is 6.14. The molecule has 1 heterocycles. The van der Waals surface area contributed by atoms with Gasteiger partial charge in [-0.05, 0) is 42.8 Å². The van der Waals surface area contributed by atoms with Crippen molar-refractivity contribution in [2.45, 2.75) is 38.8 Å². The number of hydrogen-bond donors (Lipinski definition) is 1. The van der Waals surface area contributed by atoms with Crippen LogP contribution in [0.15, 0.2) is 22.7 Å². The number of nitrogens with one attached hydrogen (secondary N) is 1. The van der Waals surface area contributed by atoms with Crippen molar-refractivity contribution in [3.8, 4) is 0 Å². The fourth-order valence-corrected chi connectivity index (χ4v) is 2.89. The van der Waals surface area contributed by atoms with Crippen molar-refractivity contribution >= 4 is 33.2 Å². The van der Waals surface area contributed by atoms with Crippen LogP contribution in [0.1, 0.15) is 27.2 Å². The molecule has 0 radical (unpaired) electrons. The maximum atomic E-state index is 12.0. The number of halogens is 1. The second kappa shape index (κ2) is 5.63. The Kier molecular flexibility index (Phi) is 4.22. The van der Waals surface area contributed by atoms with Gasteiger partial charge in [-0.15, -0.1) is 0 Å². The molecule has 1 amide bonds. The SMILES string of the molecule is CC(C)(C)N1CC(Nc2ccc([N+](=O)[O-])cc2Br)CC1=O. The first-order valence-electron chi connectivity index (χ1n) is 6.69. The van der Waals surface area contributed by atoms with Crippen LogP contribution in [0.5, 0.6) is 0 Å². The average Bonchev–Trinajstić information content (AvgIpc) is 2.72. The number of nitrogens with zero attached hydrogens (tertiary/aromatic N) is 2. The van der Waals surface area contributed by atoms with E-state index in [0.29, 0.717) is 17.4 Å². The van der Waals surface area contributed by atoms with E-state index in [2.05, 4.69) is 21.2 Å². The van der Waals surface area contributed by atoms with E-state index in [0.717, 1.165) is 5.69 Å². The van der Waals surface area contributed by atoms with Crippen LogP contribution in [-0.4, -0.2) is 33.9 Å². The average molecular weight is 356 g/mol. The van der Waals surface area contributed by atoms with E-state index in [1.54, 1.807) is 6.07 Å².